The van der Waals surface area contributed by atoms with Crippen molar-refractivity contribution in [3.05, 3.63) is 35.9 Å². The third-order valence-corrected chi connectivity index (χ3v) is 3.05. The first-order valence-electron chi connectivity index (χ1n) is 6.86. The molecule has 5 heteroatoms. The molecule has 0 fully saturated rings. The molecule has 2 atom stereocenters. The molecular formula is C16H20N2O3. The molecule has 0 aliphatic carbocycles. The second-order valence-corrected chi connectivity index (χ2v) is 4.66. The van der Waals surface area contributed by atoms with E-state index in [4.69, 9.17) is 6.42 Å². The van der Waals surface area contributed by atoms with Crippen molar-refractivity contribution < 1.29 is 14.7 Å². The van der Waals surface area contributed by atoms with Crippen molar-refractivity contribution >= 4 is 12.0 Å². The zero-order chi connectivity index (χ0) is 15.7. The van der Waals surface area contributed by atoms with E-state index < -0.39 is 17.9 Å². The zero-order valence-electron chi connectivity index (χ0n) is 12.0. The largest absolute Gasteiger partial charge is 0.481 e. The van der Waals surface area contributed by atoms with Gasteiger partial charge in [-0.2, -0.15) is 0 Å². The lowest BCUT2D eigenvalue weighted by Crippen LogP contribution is -2.43. The van der Waals surface area contributed by atoms with E-state index in [0.717, 1.165) is 6.42 Å². The molecule has 2 amide bonds. The average Bonchev–Trinajstić information content (AvgIpc) is 2.47. The number of terminal acetylenes is 1. The van der Waals surface area contributed by atoms with Crippen molar-refractivity contribution in [3.63, 3.8) is 0 Å². The highest BCUT2D eigenvalue weighted by Gasteiger charge is 2.20. The van der Waals surface area contributed by atoms with Crippen LogP contribution in [0.5, 0.6) is 0 Å². The number of hydrogen-bond acceptors (Lipinski definition) is 2. The fourth-order valence-corrected chi connectivity index (χ4v) is 1.92. The Hall–Kier alpha value is -2.48. The van der Waals surface area contributed by atoms with Gasteiger partial charge in [0.25, 0.3) is 0 Å². The maximum atomic E-state index is 11.7. The Balaban J connectivity index is 2.57. The van der Waals surface area contributed by atoms with Gasteiger partial charge in [-0.05, 0) is 12.0 Å². The Kier molecular flexibility index (Phi) is 6.82. The van der Waals surface area contributed by atoms with Crippen molar-refractivity contribution in [2.24, 2.45) is 0 Å². The summed E-state index contributed by atoms with van der Waals surface area (Å²) in [6, 6.07) is 8.00. The molecule has 0 radical (unpaired) electrons. The molecule has 0 bridgehead atoms. The highest BCUT2D eigenvalue weighted by atomic mass is 16.4. The lowest BCUT2D eigenvalue weighted by atomic mass is 9.99. The summed E-state index contributed by atoms with van der Waals surface area (Å²) in [6.45, 7) is 1.98. The van der Waals surface area contributed by atoms with Gasteiger partial charge in [-0.15, -0.1) is 6.42 Å². The van der Waals surface area contributed by atoms with Gasteiger partial charge < -0.3 is 15.7 Å². The highest BCUT2D eigenvalue weighted by Crippen LogP contribution is 2.14. The minimum atomic E-state index is -0.983. The van der Waals surface area contributed by atoms with E-state index in [1.807, 2.05) is 13.0 Å². The summed E-state index contributed by atoms with van der Waals surface area (Å²) in [6.07, 6.45) is 6.86. The SMILES string of the molecule is C#CC(CCC)NC(=O)NCC(C(=O)O)c1ccccc1. The van der Waals surface area contributed by atoms with Crippen LogP contribution in [0.25, 0.3) is 0 Å². The maximum Gasteiger partial charge on any atom is 0.315 e. The molecule has 0 heterocycles. The molecule has 1 aromatic carbocycles. The molecule has 2 unspecified atom stereocenters. The molecule has 0 spiro atoms. The molecule has 112 valence electrons. The van der Waals surface area contributed by atoms with Crippen molar-refractivity contribution in [2.75, 3.05) is 6.54 Å². The van der Waals surface area contributed by atoms with Gasteiger partial charge in [0.1, 0.15) is 0 Å². The lowest BCUT2D eigenvalue weighted by molar-refractivity contribution is -0.138. The molecule has 1 rings (SSSR count). The smallest absolute Gasteiger partial charge is 0.315 e. The van der Waals surface area contributed by atoms with E-state index in [9.17, 15) is 14.7 Å². The van der Waals surface area contributed by atoms with Gasteiger partial charge in [0.05, 0.1) is 12.0 Å². The maximum absolute atomic E-state index is 11.7. The first-order valence-corrected chi connectivity index (χ1v) is 6.86. The number of aliphatic carboxylic acids is 1. The zero-order valence-corrected chi connectivity index (χ0v) is 12.0. The monoisotopic (exact) mass is 288 g/mol. The van der Waals surface area contributed by atoms with Crippen LogP contribution in [0, 0.1) is 12.3 Å². The summed E-state index contributed by atoms with van der Waals surface area (Å²) in [5.41, 5.74) is 0.646. The van der Waals surface area contributed by atoms with Gasteiger partial charge in [0, 0.05) is 6.54 Å². The van der Waals surface area contributed by atoms with E-state index in [0.29, 0.717) is 12.0 Å². The predicted octanol–water partition coefficient (Wildman–Crippen LogP) is 1.96. The van der Waals surface area contributed by atoms with Crippen LogP contribution in [0.4, 0.5) is 4.79 Å². The van der Waals surface area contributed by atoms with Crippen LogP contribution in [-0.4, -0.2) is 29.7 Å². The Labute approximate surface area is 124 Å². The molecule has 0 saturated heterocycles. The molecular weight excluding hydrogens is 268 g/mol. The summed E-state index contributed by atoms with van der Waals surface area (Å²) < 4.78 is 0. The first kappa shape index (κ1) is 16.6. The van der Waals surface area contributed by atoms with Gasteiger partial charge in [-0.25, -0.2) is 4.79 Å². The van der Waals surface area contributed by atoms with Crippen LogP contribution in [0.3, 0.4) is 0 Å². The number of carboxylic acids is 1. The highest BCUT2D eigenvalue weighted by molar-refractivity contribution is 5.79. The van der Waals surface area contributed by atoms with Crippen LogP contribution in [-0.2, 0) is 4.79 Å². The fraction of sp³-hybridized carbons (Fsp3) is 0.375. The Morgan fingerprint density at radius 3 is 2.52 bits per heavy atom. The molecule has 0 aromatic heterocycles. The van der Waals surface area contributed by atoms with Crippen LogP contribution >= 0.6 is 0 Å². The van der Waals surface area contributed by atoms with Crippen LogP contribution in [0.15, 0.2) is 30.3 Å². The van der Waals surface area contributed by atoms with E-state index in [-0.39, 0.29) is 12.6 Å². The number of carbonyl (C=O) groups is 2. The van der Waals surface area contributed by atoms with Gasteiger partial charge in [0.15, 0.2) is 0 Å². The Morgan fingerprint density at radius 2 is 2.00 bits per heavy atom. The van der Waals surface area contributed by atoms with Crippen molar-refractivity contribution in [2.45, 2.75) is 31.7 Å². The third-order valence-electron chi connectivity index (χ3n) is 3.05. The number of rotatable bonds is 7. The van der Waals surface area contributed by atoms with Crippen molar-refractivity contribution in [3.8, 4) is 12.3 Å². The second kappa shape index (κ2) is 8.64. The van der Waals surface area contributed by atoms with Gasteiger partial charge in [-0.1, -0.05) is 49.6 Å². The molecule has 0 aliphatic heterocycles. The molecule has 21 heavy (non-hydrogen) atoms. The summed E-state index contributed by atoms with van der Waals surface area (Å²) in [5, 5.41) is 14.4. The van der Waals surface area contributed by atoms with Crippen LogP contribution < -0.4 is 10.6 Å². The summed E-state index contributed by atoms with van der Waals surface area (Å²) >= 11 is 0. The minimum Gasteiger partial charge on any atom is -0.481 e. The topological polar surface area (TPSA) is 78.4 Å². The quantitative estimate of drug-likeness (QED) is 0.671. The summed E-state index contributed by atoms with van der Waals surface area (Å²) in [5.74, 6) is 0.720. The number of carboxylic acid groups (broad SMARTS) is 1. The van der Waals surface area contributed by atoms with Gasteiger partial charge >= 0.3 is 12.0 Å². The Morgan fingerprint density at radius 1 is 1.33 bits per heavy atom. The van der Waals surface area contributed by atoms with E-state index >= 15 is 0 Å². The van der Waals surface area contributed by atoms with E-state index in [2.05, 4.69) is 16.6 Å². The van der Waals surface area contributed by atoms with E-state index in [1.165, 1.54) is 0 Å². The number of amides is 2. The predicted molar refractivity (Wildman–Crippen MR) is 80.9 cm³/mol. The normalized spacial score (nSPS) is 12.8. The number of carbonyl (C=O) groups excluding carboxylic acids is 1. The average molecular weight is 288 g/mol. The number of hydrogen-bond donors (Lipinski definition) is 3. The fourth-order valence-electron chi connectivity index (χ4n) is 1.92. The number of benzene rings is 1. The van der Waals surface area contributed by atoms with Crippen molar-refractivity contribution in [1.29, 1.82) is 0 Å². The summed E-state index contributed by atoms with van der Waals surface area (Å²) in [7, 11) is 0. The Bertz CT molecular complexity index is 508. The molecule has 5 nitrogen and oxygen atoms in total. The molecule has 0 saturated carbocycles. The standard InChI is InChI=1S/C16H20N2O3/c1-3-8-13(4-2)18-16(21)17-11-14(15(19)20)12-9-6-5-7-10-12/h2,5-7,9-10,13-14H,3,8,11H2,1H3,(H,19,20)(H2,17,18,21). The first-order chi connectivity index (χ1) is 10.1. The number of nitrogens with one attached hydrogen (secondary N) is 2. The molecule has 0 aliphatic rings. The molecule has 3 N–H and O–H groups in total. The van der Waals surface area contributed by atoms with Gasteiger partial charge in [0.2, 0.25) is 0 Å². The number of urea groups is 1. The summed E-state index contributed by atoms with van der Waals surface area (Å²) in [4.78, 5) is 23.0. The molecule has 1 aromatic rings. The lowest BCUT2D eigenvalue weighted by Gasteiger charge is -2.16. The van der Waals surface area contributed by atoms with Crippen molar-refractivity contribution in [1.82, 2.24) is 10.6 Å². The van der Waals surface area contributed by atoms with Gasteiger partial charge in [-0.3, -0.25) is 4.79 Å². The minimum absolute atomic E-state index is 0.00853. The third kappa shape index (κ3) is 5.57. The van der Waals surface area contributed by atoms with Crippen LogP contribution in [0.1, 0.15) is 31.2 Å². The second-order valence-electron chi connectivity index (χ2n) is 4.66. The van der Waals surface area contributed by atoms with E-state index in [1.54, 1.807) is 24.3 Å². The van der Waals surface area contributed by atoms with Crippen LogP contribution in [0.2, 0.25) is 0 Å².